The molecule has 0 spiro atoms. The highest BCUT2D eigenvalue weighted by molar-refractivity contribution is 5.62. The first-order chi connectivity index (χ1) is 9.24. The van der Waals surface area contributed by atoms with Gasteiger partial charge in [0.1, 0.15) is 5.75 Å². The quantitative estimate of drug-likeness (QED) is 0.899. The minimum Gasteiger partial charge on any atom is -0.507 e. The fraction of sp³-hybridized carbons (Fsp3) is 0.429. The second-order valence-corrected chi connectivity index (χ2v) is 4.86. The van der Waals surface area contributed by atoms with Crippen molar-refractivity contribution < 1.29 is 14.4 Å². The molecule has 1 saturated heterocycles. The van der Waals surface area contributed by atoms with Crippen LogP contribution in [0.1, 0.15) is 30.1 Å². The van der Waals surface area contributed by atoms with Gasteiger partial charge in [-0.15, -0.1) is 0 Å². The van der Waals surface area contributed by atoms with Crippen LogP contribution in [-0.4, -0.2) is 28.5 Å². The predicted molar refractivity (Wildman–Crippen MR) is 68.9 cm³/mol. The largest absolute Gasteiger partial charge is 0.507 e. The second-order valence-electron chi connectivity index (χ2n) is 4.86. The van der Waals surface area contributed by atoms with E-state index in [1.807, 2.05) is 13.0 Å². The van der Waals surface area contributed by atoms with E-state index in [2.05, 4.69) is 10.1 Å². The fourth-order valence-corrected chi connectivity index (χ4v) is 2.29. The number of hydrogen-bond acceptors (Lipinski definition) is 5. The van der Waals surface area contributed by atoms with Gasteiger partial charge in [0, 0.05) is 19.1 Å². The van der Waals surface area contributed by atoms with Gasteiger partial charge < -0.3 is 14.4 Å². The third kappa shape index (κ3) is 2.46. The Hall–Kier alpha value is -1.88. The minimum absolute atomic E-state index is 0.169. The molecule has 3 rings (SSSR count). The molecule has 5 nitrogen and oxygen atoms in total. The Kier molecular flexibility index (Phi) is 3.21. The third-order valence-corrected chi connectivity index (χ3v) is 3.41. The van der Waals surface area contributed by atoms with E-state index in [1.165, 1.54) is 0 Å². The van der Waals surface area contributed by atoms with Crippen LogP contribution in [0.25, 0.3) is 11.5 Å². The van der Waals surface area contributed by atoms with Crippen molar-refractivity contribution in [2.75, 3.05) is 13.2 Å². The van der Waals surface area contributed by atoms with Gasteiger partial charge in [-0.3, -0.25) is 0 Å². The fourth-order valence-electron chi connectivity index (χ4n) is 2.29. The average Bonchev–Trinajstić information content (AvgIpc) is 2.89. The van der Waals surface area contributed by atoms with Crippen LogP contribution in [0, 0.1) is 6.92 Å². The molecule has 100 valence electrons. The molecule has 0 amide bonds. The van der Waals surface area contributed by atoms with Crippen LogP contribution in [0.4, 0.5) is 0 Å². The Morgan fingerprint density at radius 2 is 2.05 bits per heavy atom. The Morgan fingerprint density at radius 1 is 1.26 bits per heavy atom. The number of phenolic OH excluding ortho intramolecular Hbond substituents is 1. The first-order valence-electron chi connectivity index (χ1n) is 6.45. The van der Waals surface area contributed by atoms with Crippen LogP contribution < -0.4 is 0 Å². The van der Waals surface area contributed by atoms with Crippen molar-refractivity contribution in [1.29, 1.82) is 0 Å². The summed E-state index contributed by atoms with van der Waals surface area (Å²) in [5, 5.41) is 13.9. The lowest BCUT2D eigenvalue weighted by molar-refractivity contribution is 0.0830. The molecule has 1 N–H and O–H groups in total. The summed E-state index contributed by atoms with van der Waals surface area (Å²) in [6.07, 6.45) is 1.83. The van der Waals surface area contributed by atoms with E-state index in [0.717, 1.165) is 31.6 Å². The summed E-state index contributed by atoms with van der Waals surface area (Å²) in [4.78, 5) is 4.40. The third-order valence-electron chi connectivity index (χ3n) is 3.41. The molecule has 0 radical (unpaired) electrons. The van der Waals surface area contributed by atoms with E-state index in [0.29, 0.717) is 23.2 Å². The number of rotatable bonds is 2. The highest BCUT2D eigenvalue weighted by atomic mass is 16.5. The van der Waals surface area contributed by atoms with Gasteiger partial charge in [0.05, 0.1) is 5.56 Å². The normalized spacial score (nSPS) is 16.7. The average molecular weight is 260 g/mol. The lowest BCUT2D eigenvalue weighted by Crippen LogP contribution is -2.15. The molecule has 1 aliphatic heterocycles. The molecule has 19 heavy (non-hydrogen) atoms. The van der Waals surface area contributed by atoms with Gasteiger partial charge in [0.2, 0.25) is 0 Å². The minimum atomic E-state index is 0.169. The van der Waals surface area contributed by atoms with Crippen molar-refractivity contribution in [3.05, 3.63) is 29.6 Å². The Morgan fingerprint density at radius 3 is 2.79 bits per heavy atom. The molecule has 5 heteroatoms. The van der Waals surface area contributed by atoms with E-state index in [-0.39, 0.29) is 5.75 Å². The van der Waals surface area contributed by atoms with Crippen LogP contribution in [0.5, 0.6) is 5.75 Å². The number of aryl methyl sites for hydroxylation is 1. The summed E-state index contributed by atoms with van der Waals surface area (Å²) in [5.74, 6) is 1.54. The molecule has 2 heterocycles. The maximum absolute atomic E-state index is 9.92. The van der Waals surface area contributed by atoms with Gasteiger partial charge in [-0.25, -0.2) is 0 Å². The maximum Gasteiger partial charge on any atom is 0.261 e. The zero-order chi connectivity index (χ0) is 13.2. The molecule has 1 aromatic heterocycles. The molecule has 0 aliphatic carbocycles. The SMILES string of the molecule is Cc1ccc(-c2nc(C3CCOCC3)no2)c(O)c1. The lowest BCUT2D eigenvalue weighted by Gasteiger charge is -2.18. The molecule has 0 unspecified atom stereocenters. The first-order valence-corrected chi connectivity index (χ1v) is 6.45. The smallest absolute Gasteiger partial charge is 0.261 e. The summed E-state index contributed by atoms with van der Waals surface area (Å²) in [6.45, 7) is 3.40. The maximum atomic E-state index is 9.92. The van der Waals surface area contributed by atoms with Crippen molar-refractivity contribution in [2.45, 2.75) is 25.7 Å². The van der Waals surface area contributed by atoms with Crippen LogP contribution in [0.3, 0.4) is 0 Å². The van der Waals surface area contributed by atoms with Gasteiger partial charge in [-0.1, -0.05) is 11.2 Å². The van der Waals surface area contributed by atoms with Crippen molar-refractivity contribution in [2.24, 2.45) is 0 Å². The monoisotopic (exact) mass is 260 g/mol. The van der Waals surface area contributed by atoms with Crippen LogP contribution >= 0.6 is 0 Å². The molecule has 0 bridgehead atoms. The van der Waals surface area contributed by atoms with Gasteiger partial charge in [0.15, 0.2) is 5.82 Å². The summed E-state index contributed by atoms with van der Waals surface area (Å²) >= 11 is 0. The van der Waals surface area contributed by atoms with Gasteiger partial charge >= 0.3 is 0 Å². The standard InChI is InChI=1S/C14H16N2O3/c1-9-2-3-11(12(17)8-9)14-15-13(16-19-14)10-4-6-18-7-5-10/h2-3,8,10,17H,4-7H2,1H3. The number of nitrogens with zero attached hydrogens (tertiary/aromatic N) is 2. The number of aromatic hydroxyl groups is 1. The highest BCUT2D eigenvalue weighted by Crippen LogP contribution is 2.31. The molecule has 1 aromatic carbocycles. The first kappa shape index (κ1) is 12.2. The number of phenols is 1. The zero-order valence-corrected chi connectivity index (χ0v) is 10.8. The van der Waals surface area contributed by atoms with Crippen LogP contribution in [-0.2, 0) is 4.74 Å². The zero-order valence-electron chi connectivity index (χ0n) is 10.8. The Balaban J connectivity index is 1.87. The number of benzene rings is 1. The molecule has 0 saturated carbocycles. The molecule has 1 aliphatic rings. The van der Waals surface area contributed by atoms with E-state index in [1.54, 1.807) is 12.1 Å². The van der Waals surface area contributed by atoms with Crippen molar-refractivity contribution in [3.63, 3.8) is 0 Å². The van der Waals surface area contributed by atoms with Crippen LogP contribution in [0.15, 0.2) is 22.7 Å². The summed E-state index contributed by atoms with van der Waals surface area (Å²) in [7, 11) is 0. The van der Waals surface area contributed by atoms with Crippen LogP contribution in [0.2, 0.25) is 0 Å². The Bertz CT molecular complexity index is 574. The van der Waals surface area contributed by atoms with E-state index < -0.39 is 0 Å². The van der Waals surface area contributed by atoms with Gasteiger partial charge in [-0.2, -0.15) is 4.98 Å². The number of aromatic nitrogens is 2. The van der Waals surface area contributed by atoms with Crippen molar-refractivity contribution >= 4 is 0 Å². The molecular formula is C14H16N2O3. The summed E-state index contributed by atoms with van der Waals surface area (Å²) in [6, 6.07) is 5.40. The molecule has 2 aromatic rings. The molecule has 0 atom stereocenters. The van der Waals surface area contributed by atoms with Gasteiger partial charge in [-0.05, 0) is 37.5 Å². The second kappa shape index (κ2) is 5.01. The molecule has 1 fully saturated rings. The van der Waals surface area contributed by atoms with Gasteiger partial charge in [0.25, 0.3) is 5.89 Å². The lowest BCUT2D eigenvalue weighted by atomic mass is 10.00. The Labute approximate surface area is 111 Å². The number of hydrogen-bond donors (Lipinski definition) is 1. The van der Waals surface area contributed by atoms with E-state index in [9.17, 15) is 5.11 Å². The summed E-state index contributed by atoms with van der Waals surface area (Å²) < 4.78 is 10.6. The van der Waals surface area contributed by atoms with Crippen molar-refractivity contribution in [1.82, 2.24) is 10.1 Å². The van der Waals surface area contributed by atoms with E-state index >= 15 is 0 Å². The highest BCUT2D eigenvalue weighted by Gasteiger charge is 2.22. The van der Waals surface area contributed by atoms with Crippen molar-refractivity contribution in [3.8, 4) is 17.2 Å². The predicted octanol–water partition coefficient (Wildman–Crippen LogP) is 2.64. The topological polar surface area (TPSA) is 68.4 Å². The molecular weight excluding hydrogens is 244 g/mol. The summed E-state index contributed by atoms with van der Waals surface area (Å²) in [5.41, 5.74) is 1.57. The number of ether oxygens (including phenoxy) is 1. The van der Waals surface area contributed by atoms with E-state index in [4.69, 9.17) is 9.26 Å².